The molecule has 4 nitrogen and oxygen atoms in total. The summed E-state index contributed by atoms with van der Waals surface area (Å²) < 4.78 is 5.20. The van der Waals surface area contributed by atoms with Gasteiger partial charge in [0.15, 0.2) is 11.5 Å². The van der Waals surface area contributed by atoms with Gasteiger partial charge in [-0.05, 0) is 12.8 Å². The summed E-state index contributed by atoms with van der Waals surface area (Å²) in [4.78, 5) is 12.0. The van der Waals surface area contributed by atoms with Crippen molar-refractivity contribution < 1.29 is 9.32 Å². The van der Waals surface area contributed by atoms with Gasteiger partial charge < -0.3 is 9.84 Å². The van der Waals surface area contributed by atoms with Crippen LogP contribution in [0.4, 0.5) is 0 Å². The molecule has 0 radical (unpaired) electrons. The van der Waals surface area contributed by atoms with E-state index in [0.717, 1.165) is 5.56 Å². The third kappa shape index (κ3) is 3.22. The molecule has 100 valence electrons. The second-order valence-corrected chi connectivity index (χ2v) is 4.95. The minimum Gasteiger partial charge on any atom is -0.355 e. The highest BCUT2D eigenvalue weighted by Gasteiger charge is 2.16. The van der Waals surface area contributed by atoms with E-state index in [1.165, 1.54) is 0 Å². The zero-order valence-corrected chi connectivity index (χ0v) is 11.4. The molecule has 0 spiro atoms. The maximum atomic E-state index is 12.0. The largest absolute Gasteiger partial charge is 0.355 e. The number of amides is 1. The van der Waals surface area contributed by atoms with Crippen LogP contribution in [0.1, 0.15) is 31.3 Å². The van der Waals surface area contributed by atoms with Crippen LogP contribution in [0, 0.1) is 5.92 Å². The highest BCUT2D eigenvalue weighted by Crippen LogP contribution is 2.19. The summed E-state index contributed by atoms with van der Waals surface area (Å²) in [6.07, 6.45) is 0. The minimum atomic E-state index is -0.202. The molecule has 0 bridgehead atoms. The molecule has 2 aromatic rings. The van der Waals surface area contributed by atoms with Crippen LogP contribution in [0.2, 0.25) is 0 Å². The number of rotatable bonds is 4. The van der Waals surface area contributed by atoms with Crippen LogP contribution in [0.5, 0.6) is 0 Å². The van der Waals surface area contributed by atoms with E-state index < -0.39 is 0 Å². The van der Waals surface area contributed by atoms with Crippen molar-refractivity contribution in [3.05, 3.63) is 42.1 Å². The number of aromatic nitrogens is 1. The Labute approximate surface area is 112 Å². The van der Waals surface area contributed by atoms with Crippen molar-refractivity contribution in [3.63, 3.8) is 0 Å². The Morgan fingerprint density at radius 1 is 1.21 bits per heavy atom. The zero-order valence-electron chi connectivity index (χ0n) is 11.4. The number of hydrogen-bond donors (Lipinski definition) is 1. The highest BCUT2D eigenvalue weighted by molar-refractivity contribution is 5.93. The van der Waals surface area contributed by atoms with Crippen molar-refractivity contribution in [2.75, 3.05) is 0 Å². The van der Waals surface area contributed by atoms with Gasteiger partial charge in [0.2, 0.25) is 0 Å². The molecule has 1 aromatic heterocycles. The SMILES string of the molecule is CC(C)C(C)NC(=O)c1cc(-c2ccccc2)on1. The first kappa shape index (κ1) is 13.3. The second kappa shape index (κ2) is 5.69. The van der Waals surface area contributed by atoms with Crippen molar-refractivity contribution in [1.29, 1.82) is 0 Å². The van der Waals surface area contributed by atoms with Crippen LogP contribution in [-0.4, -0.2) is 17.1 Å². The maximum Gasteiger partial charge on any atom is 0.273 e. The fourth-order valence-corrected chi connectivity index (χ4v) is 1.57. The molecule has 2 rings (SSSR count). The molecule has 0 aliphatic heterocycles. The Morgan fingerprint density at radius 3 is 2.53 bits per heavy atom. The van der Waals surface area contributed by atoms with Gasteiger partial charge in [0.1, 0.15) is 0 Å². The van der Waals surface area contributed by atoms with Gasteiger partial charge in [0.25, 0.3) is 5.91 Å². The van der Waals surface area contributed by atoms with Crippen LogP contribution < -0.4 is 5.32 Å². The van der Waals surface area contributed by atoms with E-state index >= 15 is 0 Å². The number of nitrogens with one attached hydrogen (secondary N) is 1. The van der Waals surface area contributed by atoms with Crippen LogP contribution >= 0.6 is 0 Å². The predicted octanol–water partition coefficient (Wildman–Crippen LogP) is 3.12. The topological polar surface area (TPSA) is 55.1 Å². The molecule has 0 aliphatic carbocycles. The monoisotopic (exact) mass is 258 g/mol. The summed E-state index contributed by atoms with van der Waals surface area (Å²) in [6, 6.07) is 11.4. The Kier molecular flexibility index (Phi) is 4.00. The molecule has 0 saturated heterocycles. The molecule has 0 fully saturated rings. The van der Waals surface area contributed by atoms with Gasteiger partial charge in [-0.3, -0.25) is 4.79 Å². The van der Waals surface area contributed by atoms with Gasteiger partial charge in [-0.2, -0.15) is 0 Å². The van der Waals surface area contributed by atoms with Crippen LogP contribution in [0.25, 0.3) is 11.3 Å². The molecule has 19 heavy (non-hydrogen) atoms. The Bertz CT molecular complexity index is 546. The van der Waals surface area contributed by atoms with E-state index in [4.69, 9.17) is 4.52 Å². The Hall–Kier alpha value is -2.10. The molecule has 1 atom stereocenters. The molecule has 1 heterocycles. The quantitative estimate of drug-likeness (QED) is 0.916. The third-order valence-corrected chi connectivity index (χ3v) is 3.16. The highest BCUT2D eigenvalue weighted by atomic mass is 16.5. The number of benzene rings is 1. The van der Waals surface area contributed by atoms with E-state index in [1.807, 2.05) is 37.3 Å². The van der Waals surface area contributed by atoms with Crippen molar-refractivity contribution in [1.82, 2.24) is 10.5 Å². The lowest BCUT2D eigenvalue weighted by Crippen LogP contribution is -2.36. The van der Waals surface area contributed by atoms with Crippen LogP contribution in [-0.2, 0) is 0 Å². The van der Waals surface area contributed by atoms with Crippen LogP contribution in [0.15, 0.2) is 40.9 Å². The fourth-order valence-electron chi connectivity index (χ4n) is 1.57. The molecular formula is C15H18N2O2. The smallest absolute Gasteiger partial charge is 0.273 e. The predicted molar refractivity (Wildman–Crippen MR) is 73.7 cm³/mol. The Morgan fingerprint density at radius 2 is 1.89 bits per heavy atom. The first-order valence-corrected chi connectivity index (χ1v) is 6.41. The van der Waals surface area contributed by atoms with Crippen molar-refractivity contribution in [2.45, 2.75) is 26.8 Å². The lowest BCUT2D eigenvalue weighted by atomic mass is 10.1. The van der Waals surface area contributed by atoms with E-state index in [0.29, 0.717) is 17.4 Å². The van der Waals surface area contributed by atoms with Gasteiger partial charge in [0.05, 0.1) is 0 Å². The summed E-state index contributed by atoms with van der Waals surface area (Å²) in [5.74, 6) is 0.777. The van der Waals surface area contributed by atoms with E-state index in [9.17, 15) is 4.79 Å². The van der Waals surface area contributed by atoms with E-state index in [2.05, 4.69) is 24.3 Å². The average molecular weight is 258 g/mol. The van der Waals surface area contributed by atoms with Crippen molar-refractivity contribution in [3.8, 4) is 11.3 Å². The number of nitrogens with zero attached hydrogens (tertiary/aromatic N) is 1. The second-order valence-electron chi connectivity index (χ2n) is 4.95. The summed E-state index contributed by atoms with van der Waals surface area (Å²) >= 11 is 0. The normalized spacial score (nSPS) is 12.4. The van der Waals surface area contributed by atoms with Gasteiger partial charge >= 0.3 is 0 Å². The van der Waals surface area contributed by atoms with E-state index in [-0.39, 0.29) is 11.9 Å². The van der Waals surface area contributed by atoms with Gasteiger partial charge in [-0.15, -0.1) is 0 Å². The average Bonchev–Trinajstić information content (AvgIpc) is 2.89. The molecule has 1 aromatic carbocycles. The number of carbonyl (C=O) groups excluding carboxylic acids is 1. The lowest BCUT2D eigenvalue weighted by Gasteiger charge is -2.16. The first-order chi connectivity index (χ1) is 9.08. The molecule has 1 N–H and O–H groups in total. The minimum absolute atomic E-state index is 0.101. The molecular weight excluding hydrogens is 240 g/mol. The van der Waals surface area contributed by atoms with Gasteiger partial charge in [-0.1, -0.05) is 49.3 Å². The fraction of sp³-hybridized carbons (Fsp3) is 0.333. The third-order valence-electron chi connectivity index (χ3n) is 3.16. The number of carbonyl (C=O) groups is 1. The van der Waals surface area contributed by atoms with Crippen molar-refractivity contribution in [2.24, 2.45) is 5.92 Å². The van der Waals surface area contributed by atoms with Gasteiger partial charge in [0, 0.05) is 17.7 Å². The summed E-state index contributed by atoms with van der Waals surface area (Å²) in [5.41, 5.74) is 1.22. The molecule has 0 saturated carbocycles. The Balaban J connectivity index is 2.11. The summed E-state index contributed by atoms with van der Waals surface area (Å²) in [5, 5.41) is 6.72. The van der Waals surface area contributed by atoms with E-state index in [1.54, 1.807) is 6.07 Å². The molecule has 4 heteroatoms. The standard InChI is InChI=1S/C15H18N2O2/c1-10(2)11(3)16-15(18)13-9-14(19-17-13)12-7-5-4-6-8-12/h4-11H,1-3H3,(H,16,18). The molecule has 0 aliphatic rings. The summed E-state index contributed by atoms with van der Waals surface area (Å²) in [6.45, 7) is 6.09. The first-order valence-electron chi connectivity index (χ1n) is 6.41. The zero-order chi connectivity index (χ0) is 13.8. The van der Waals surface area contributed by atoms with Crippen molar-refractivity contribution >= 4 is 5.91 Å². The maximum absolute atomic E-state index is 12.0. The van der Waals surface area contributed by atoms with Gasteiger partial charge in [-0.25, -0.2) is 0 Å². The number of hydrogen-bond acceptors (Lipinski definition) is 3. The molecule has 1 amide bonds. The summed E-state index contributed by atoms with van der Waals surface area (Å²) in [7, 11) is 0. The van der Waals surface area contributed by atoms with Crippen LogP contribution in [0.3, 0.4) is 0 Å². The lowest BCUT2D eigenvalue weighted by molar-refractivity contribution is 0.0921. The molecule has 1 unspecified atom stereocenters.